The van der Waals surface area contributed by atoms with Gasteiger partial charge in [0, 0.05) is 18.9 Å². The minimum Gasteiger partial charge on any atom is -0.312 e. The third-order valence-corrected chi connectivity index (χ3v) is 2.98. The molecule has 0 unspecified atom stereocenters. The van der Waals surface area contributed by atoms with Crippen LogP contribution in [0, 0.1) is 5.92 Å². The van der Waals surface area contributed by atoms with Crippen LogP contribution in [-0.4, -0.2) is 16.3 Å². The first-order chi connectivity index (χ1) is 8.68. The third-order valence-electron chi connectivity index (χ3n) is 2.67. The highest BCUT2D eigenvalue weighted by atomic mass is 35.5. The molecule has 0 aliphatic carbocycles. The van der Waals surface area contributed by atoms with Gasteiger partial charge in [-0.1, -0.05) is 37.6 Å². The molecule has 2 aromatic rings. The van der Waals surface area contributed by atoms with E-state index < -0.39 is 0 Å². The van der Waals surface area contributed by atoms with Gasteiger partial charge in [-0.3, -0.25) is 0 Å². The molecular formula is C14H18ClN3. The quantitative estimate of drug-likeness (QED) is 0.897. The molecule has 1 heterocycles. The van der Waals surface area contributed by atoms with Gasteiger partial charge in [-0.2, -0.15) is 5.10 Å². The SMILES string of the molecule is CC(C)CNCc1cccc(Cl)c1-n1cccn1. The first-order valence-electron chi connectivity index (χ1n) is 6.16. The number of hydrogen-bond acceptors (Lipinski definition) is 2. The zero-order chi connectivity index (χ0) is 13.0. The second-order valence-electron chi connectivity index (χ2n) is 4.72. The molecule has 0 aliphatic heterocycles. The molecule has 2 rings (SSSR count). The Balaban J connectivity index is 2.22. The largest absolute Gasteiger partial charge is 0.312 e. The lowest BCUT2D eigenvalue weighted by Gasteiger charge is -2.13. The van der Waals surface area contributed by atoms with Crippen LogP contribution in [0.5, 0.6) is 0 Å². The van der Waals surface area contributed by atoms with E-state index in [1.54, 1.807) is 6.20 Å². The van der Waals surface area contributed by atoms with Crippen molar-refractivity contribution in [2.75, 3.05) is 6.54 Å². The monoisotopic (exact) mass is 263 g/mol. The van der Waals surface area contributed by atoms with Crippen molar-refractivity contribution in [3.05, 3.63) is 47.2 Å². The summed E-state index contributed by atoms with van der Waals surface area (Å²) in [5.74, 6) is 0.636. The van der Waals surface area contributed by atoms with Gasteiger partial charge < -0.3 is 5.32 Å². The van der Waals surface area contributed by atoms with E-state index in [0.717, 1.165) is 29.4 Å². The summed E-state index contributed by atoms with van der Waals surface area (Å²) in [4.78, 5) is 0. The Morgan fingerprint density at radius 2 is 2.17 bits per heavy atom. The number of para-hydroxylation sites is 1. The van der Waals surface area contributed by atoms with Crippen molar-refractivity contribution in [2.45, 2.75) is 20.4 Å². The van der Waals surface area contributed by atoms with Gasteiger partial charge in [0.25, 0.3) is 0 Å². The van der Waals surface area contributed by atoms with Gasteiger partial charge >= 0.3 is 0 Å². The number of aromatic nitrogens is 2. The number of benzene rings is 1. The van der Waals surface area contributed by atoms with Crippen LogP contribution in [-0.2, 0) is 6.54 Å². The van der Waals surface area contributed by atoms with Gasteiger partial charge in [-0.05, 0) is 30.2 Å². The van der Waals surface area contributed by atoms with Crippen LogP contribution >= 0.6 is 11.6 Å². The van der Waals surface area contributed by atoms with Crippen LogP contribution in [0.3, 0.4) is 0 Å². The molecule has 4 heteroatoms. The maximum atomic E-state index is 6.27. The summed E-state index contributed by atoms with van der Waals surface area (Å²) in [6.07, 6.45) is 3.67. The van der Waals surface area contributed by atoms with E-state index in [2.05, 4.69) is 30.3 Å². The Hall–Kier alpha value is -1.32. The normalized spacial score (nSPS) is 11.1. The topological polar surface area (TPSA) is 29.9 Å². The molecule has 1 aromatic carbocycles. The van der Waals surface area contributed by atoms with E-state index >= 15 is 0 Å². The lowest BCUT2D eigenvalue weighted by Crippen LogP contribution is -2.20. The van der Waals surface area contributed by atoms with E-state index in [4.69, 9.17) is 11.6 Å². The fourth-order valence-electron chi connectivity index (χ4n) is 1.86. The van der Waals surface area contributed by atoms with Crippen LogP contribution in [0.2, 0.25) is 5.02 Å². The molecule has 0 saturated heterocycles. The van der Waals surface area contributed by atoms with Crippen molar-refractivity contribution in [1.82, 2.24) is 15.1 Å². The summed E-state index contributed by atoms with van der Waals surface area (Å²) in [6.45, 7) is 6.18. The Morgan fingerprint density at radius 3 is 2.83 bits per heavy atom. The van der Waals surface area contributed by atoms with Gasteiger partial charge in [0.2, 0.25) is 0 Å². The van der Waals surface area contributed by atoms with E-state index in [9.17, 15) is 0 Å². The molecule has 0 bridgehead atoms. The summed E-state index contributed by atoms with van der Waals surface area (Å²) < 4.78 is 1.81. The summed E-state index contributed by atoms with van der Waals surface area (Å²) in [7, 11) is 0. The summed E-state index contributed by atoms with van der Waals surface area (Å²) in [6, 6.07) is 7.84. The van der Waals surface area contributed by atoms with Crippen molar-refractivity contribution < 1.29 is 0 Å². The number of hydrogen-bond donors (Lipinski definition) is 1. The molecule has 0 fully saturated rings. The second-order valence-corrected chi connectivity index (χ2v) is 5.13. The van der Waals surface area contributed by atoms with Crippen molar-refractivity contribution in [1.29, 1.82) is 0 Å². The molecule has 96 valence electrons. The Labute approximate surface area is 113 Å². The molecule has 0 aliphatic rings. The van der Waals surface area contributed by atoms with E-state index in [1.165, 1.54) is 0 Å². The minimum absolute atomic E-state index is 0.636. The molecule has 0 radical (unpaired) electrons. The molecule has 0 amide bonds. The van der Waals surface area contributed by atoms with Crippen molar-refractivity contribution >= 4 is 11.6 Å². The standard InChI is InChI=1S/C14H18ClN3/c1-11(2)9-16-10-12-5-3-6-13(15)14(12)18-8-4-7-17-18/h3-8,11,16H,9-10H2,1-2H3. The number of nitrogens with one attached hydrogen (secondary N) is 1. The second kappa shape index (κ2) is 6.03. The zero-order valence-corrected chi connectivity index (χ0v) is 11.5. The first-order valence-corrected chi connectivity index (χ1v) is 6.54. The highest BCUT2D eigenvalue weighted by molar-refractivity contribution is 6.32. The predicted octanol–water partition coefficient (Wildman–Crippen LogP) is 3.27. The molecule has 1 aromatic heterocycles. The average molecular weight is 264 g/mol. The van der Waals surface area contributed by atoms with Crippen LogP contribution in [0.1, 0.15) is 19.4 Å². The summed E-state index contributed by atoms with van der Waals surface area (Å²) in [5.41, 5.74) is 2.12. The molecule has 18 heavy (non-hydrogen) atoms. The first kappa shape index (κ1) is 13.1. The lowest BCUT2D eigenvalue weighted by atomic mass is 10.1. The Morgan fingerprint density at radius 1 is 1.33 bits per heavy atom. The molecule has 0 atom stereocenters. The van der Waals surface area contributed by atoms with Gasteiger partial charge in [-0.15, -0.1) is 0 Å². The van der Waals surface area contributed by atoms with Crippen LogP contribution in [0.25, 0.3) is 5.69 Å². The minimum atomic E-state index is 0.636. The maximum Gasteiger partial charge on any atom is 0.0876 e. The van der Waals surface area contributed by atoms with E-state index in [-0.39, 0.29) is 0 Å². The lowest BCUT2D eigenvalue weighted by molar-refractivity contribution is 0.551. The number of nitrogens with zero attached hydrogens (tertiary/aromatic N) is 2. The van der Waals surface area contributed by atoms with E-state index in [0.29, 0.717) is 5.92 Å². The average Bonchev–Trinajstić information content (AvgIpc) is 2.82. The molecular weight excluding hydrogens is 246 g/mol. The predicted molar refractivity (Wildman–Crippen MR) is 75.1 cm³/mol. The van der Waals surface area contributed by atoms with Crippen molar-refractivity contribution in [2.24, 2.45) is 5.92 Å². The summed E-state index contributed by atoms with van der Waals surface area (Å²) >= 11 is 6.27. The Bertz CT molecular complexity index is 492. The zero-order valence-electron chi connectivity index (χ0n) is 10.7. The van der Waals surface area contributed by atoms with Crippen LogP contribution in [0.15, 0.2) is 36.7 Å². The van der Waals surface area contributed by atoms with E-state index in [1.807, 2.05) is 29.1 Å². The highest BCUT2D eigenvalue weighted by Crippen LogP contribution is 2.23. The van der Waals surface area contributed by atoms with Crippen LogP contribution in [0.4, 0.5) is 0 Å². The molecule has 1 N–H and O–H groups in total. The van der Waals surface area contributed by atoms with Crippen molar-refractivity contribution in [3.63, 3.8) is 0 Å². The molecule has 3 nitrogen and oxygen atoms in total. The van der Waals surface area contributed by atoms with Crippen LogP contribution < -0.4 is 5.32 Å². The van der Waals surface area contributed by atoms with Gasteiger partial charge in [0.05, 0.1) is 10.7 Å². The number of halogens is 1. The molecule has 0 saturated carbocycles. The van der Waals surface area contributed by atoms with Gasteiger partial charge in [-0.25, -0.2) is 4.68 Å². The Kier molecular flexibility index (Phi) is 4.39. The fourth-order valence-corrected chi connectivity index (χ4v) is 2.14. The molecule has 0 spiro atoms. The van der Waals surface area contributed by atoms with Gasteiger partial charge in [0.1, 0.15) is 0 Å². The van der Waals surface area contributed by atoms with Crippen molar-refractivity contribution in [3.8, 4) is 5.69 Å². The fraction of sp³-hybridized carbons (Fsp3) is 0.357. The smallest absolute Gasteiger partial charge is 0.0876 e. The number of rotatable bonds is 5. The maximum absolute atomic E-state index is 6.27. The van der Waals surface area contributed by atoms with Gasteiger partial charge in [0.15, 0.2) is 0 Å². The third kappa shape index (κ3) is 3.12. The summed E-state index contributed by atoms with van der Waals surface area (Å²) in [5, 5.41) is 8.41. The highest BCUT2D eigenvalue weighted by Gasteiger charge is 2.09.